The smallest absolute Gasteiger partial charge is 0 e. The third-order valence-electron chi connectivity index (χ3n) is 27.9. The molecule has 6 N–H and O–H groups in total. The second kappa shape index (κ2) is 39.5. The summed E-state index contributed by atoms with van der Waals surface area (Å²) >= 11 is -6.57. The summed E-state index contributed by atoms with van der Waals surface area (Å²) in [6.07, 6.45) is 0. The summed E-state index contributed by atoms with van der Waals surface area (Å²) in [7, 11) is 0. The predicted molar refractivity (Wildman–Crippen MR) is 559 cm³/mol. The van der Waals surface area contributed by atoms with Crippen molar-refractivity contribution in [3.63, 3.8) is 0 Å². The van der Waals surface area contributed by atoms with Gasteiger partial charge < -0.3 is 14.9 Å². The number of phenolic OH excluding ortho intramolecular Hbond substituents is 4. The van der Waals surface area contributed by atoms with Crippen molar-refractivity contribution in [2.24, 2.45) is 0 Å². The molecule has 0 unspecified atom stereocenters. The summed E-state index contributed by atoms with van der Waals surface area (Å²) in [4.78, 5) is 0. The van der Waals surface area contributed by atoms with Gasteiger partial charge in [0.05, 0.1) is 0 Å². The number of hydrogen-bond acceptors (Lipinski definition) is 6. The molecule has 20 aromatic rings. The van der Waals surface area contributed by atoms with Gasteiger partial charge in [0, 0.05) is 25.8 Å². The summed E-state index contributed by atoms with van der Waals surface area (Å²) < 4.78 is 95.4. The summed E-state index contributed by atoms with van der Waals surface area (Å²) in [6.45, 7) is 25.7. The van der Waals surface area contributed by atoms with Gasteiger partial charge in [-0.1, -0.05) is 0 Å². The van der Waals surface area contributed by atoms with Crippen molar-refractivity contribution in [2.75, 3.05) is 21.8 Å². The standard InChI is InChI=1S/2C58H52F2GeN2O4.2CH3.Hf/c2*1-35(2)61(36(3)4,33-66-55-25-23-39(59)31-45(55)47-27-37(5)29-53(57(47)64)62-49-19-11-7-15-41(49)42-16-8-12-20-50(42)62)34-67-56-26-24-40(60)32-46(56)48-28-38(6)30-54(58(48)65)63-51-21-13-9-17-43(51)44-18-10-14-22-52(44)63;;;/h2*7-32,35-36,64-65H,33-34H2,1-6H3;2*1H3;/q;;2*-1;/p+2. The van der Waals surface area contributed by atoms with Crippen LogP contribution >= 0.6 is 0 Å². The fourth-order valence-corrected chi connectivity index (χ4v) is 36.0. The number of hydrogen-bond donors (Lipinski definition) is 4. The van der Waals surface area contributed by atoms with Crippen molar-refractivity contribution >= 4 is 114 Å². The molecule has 0 fully saturated rings. The van der Waals surface area contributed by atoms with Gasteiger partial charge in [0.25, 0.3) is 0 Å². The zero-order valence-electron chi connectivity index (χ0n) is 79.5. The number of phenols is 4. The molecule has 12 nitrogen and oxygen atoms in total. The third-order valence-corrected chi connectivity index (χ3v) is 53.2. The van der Waals surface area contributed by atoms with E-state index < -0.39 is 49.8 Å². The van der Waals surface area contributed by atoms with Gasteiger partial charge in [0.2, 0.25) is 0 Å². The Kier molecular flexibility index (Phi) is 27.9. The Balaban J connectivity index is 0.000000194. The molecule has 4 aromatic heterocycles. The van der Waals surface area contributed by atoms with Crippen molar-refractivity contribution in [3.8, 4) is 113 Å². The van der Waals surface area contributed by atoms with E-state index in [0.29, 0.717) is 112 Å². The van der Waals surface area contributed by atoms with E-state index in [1.165, 1.54) is 48.5 Å². The van der Waals surface area contributed by atoms with Crippen molar-refractivity contribution in [1.82, 2.24) is 18.3 Å². The Morgan fingerprint density at radius 2 is 0.467 bits per heavy atom. The number of halogens is 4. The molecule has 16 aromatic carbocycles. The maximum absolute atomic E-state index is 15.4. The number of aryl methyl sites for hydroxylation is 4. The Bertz CT molecular complexity index is 6870. The topological polar surface area (TPSA) is 145 Å². The number of aromatic nitrogens is 4. The van der Waals surface area contributed by atoms with Gasteiger partial charge in [0.15, 0.2) is 0 Å². The SMILES string of the molecule is Cc1cc(-c2cc(F)ccc2O[CH2][Ge]([CH2]Oc2ccc(F)cc2-c2cc(C)cc(-n3c4ccccc4c4ccccc43)c2O)([CH](C)C)[CH](C)C)c(O)c(-n2c3ccccc3c3ccccc32)c1.Cc1cc(-c2cc(F)ccc2[OH+][CH2][Ge]([CH2][OH+]c2ccc(F)cc2-c2cc(C)cc(-n3c4ccccc4c4ccccc43)c2O)([CH](C)C)[CH](C)C)c(O)c(-n2c3ccccc3c3ccccc32)c1.[CH3-].[CH3-].[Hf]. The molecule has 20 rings (SSSR count). The van der Waals surface area contributed by atoms with Gasteiger partial charge in [-0.05, 0) is 0 Å². The Labute approximate surface area is 821 Å². The van der Waals surface area contributed by atoms with Crippen LogP contribution in [0.5, 0.6) is 46.0 Å². The molecule has 4 heterocycles. The second-order valence-electron chi connectivity index (χ2n) is 37.1. The van der Waals surface area contributed by atoms with Gasteiger partial charge in [-0.15, -0.1) is 0 Å². The molecule has 692 valence electrons. The van der Waals surface area contributed by atoms with E-state index in [2.05, 4.69) is 146 Å². The maximum Gasteiger partial charge on any atom is 0 e. The van der Waals surface area contributed by atoms with Gasteiger partial charge in [-0.2, -0.15) is 0 Å². The Morgan fingerprint density at radius 1 is 0.263 bits per heavy atom. The molecule has 0 radical (unpaired) electrons. The number of aromatic hydroxyl groups is 6. The van der Waals surface area contributed by atoms with Gasteiger partial charge in [-0.3, -0.25) is 0 Å². The molecule has 19 heteroatoms. The number of nitrogens with zero attached hydrogens (tertiary/aromatic N) is 4. The largest absolute Gasteiger partial charge is 0.358 e. The van der Waals surface area contributed by atoms with Crippen LogP contribution in [0.3, 0.4) is 0 Å². The summed E-state index contributed by atoms with van der Waals surface area (Å²) in [5, 5.41) is 57.7. The van der Waals surface area contributed by atoms with Crippen molar-refractivity contribution < 1.29 is 82.8 Å². The number of rotatable bonds is 24. The van der Waals surface area contributed by atoms with Crippen LogP contribution in [0.15, 0.2) is 315 Å². The van der Waals surface area contributed by atoms with Crippen molar-refractivity contribution in [2.45, 2.75) is 102 Å². The van der Waals surface area contributed by atoms with Gasteiger partial charge in [-0.25, -0.2) is 0 Å². The van der Waals surface area contributed by atoms with E-state index in [1.807, 2.05) is 198 Å². The first kappa shape index (κ1) is 96.9. The molecule has 0 saturated carbocycles. The molecule has 0 spiro atoms. The van der Waals surface area contributed by atoms with Crippen LogP contribution in [-0.4, -0.2) is 96.5 Å². The predicted octanol–water partition coefficient (Wildman–Crippen LogP) is 31.3. The molecule has 0 aliphatic carbocycles. The summed E-state index contributed by atoms with van der Waals surface area (Å²) in [6, 6.07) is 98.7. The van der Waals surface area contributed by atoms with Crippen molar-refractivity contribution in [3.05, 3.63) is 376 Å². The number of ether oxygens (including phenoxy) is 4. The van der Waals surface area contributed by atoms with Crippen LogP contribution in [0, 0.1) is 65.8 Å². The van der Waals surface area contributed by atoms with E-state index >= 15 is 17.6 Å². The summed E-state index contributed by atoms with van der Waals surface area (Å²) in [5.74, 6) is 0.466. The molecule has 0 atom stereocenters. The maximum atomic E-state index is 15.4. The fourth-order valence-electron chi connectivity index (χ4n) is 20.4. The monoisotopic (exact) mass is 2120 g/mol. The minimum atomic E-state index is -3.34. The zero-order valence-corrected chi connectivity index (χ0v) is 87.2. The average Bonchev–Trinajstić information content (AvgIpc) is 1.61. The molecule has 0 saturated heterocycles. The van der Waals surface area contributed by atoms with E-state index in [4.69, 9.17) is 18.9 Å². The number of aliphatic hydroxyl groups is 2. The van der Waals surface area contributed by atoms with Crippen LogP contribution < -0.4 is 9.47 Å². The molecule has 0 aliphatic heterocycles. The average molecular weight is 2110 g/mol. The third kappa shape index (κ3) is 17.6. The molecular weight excluding hydrogens is 2000 g/mol. The minimum absolute atomic E-state index is 0. The molecule has 0 aliphatic rings. The van der Waals surface area contributed by atoms with E-state index in [-0.39, 0.29) is 82.7 Å². The van der Waals surface area contributed by atoms with Gasteiger partial charge >= 0.3 is 787 Å². The number of fused-ring (bicyclic) bond motifs is 12. The van der Waals surface area contributed by atoms with Gasteiger partial charge in [0.1, 0.15) is 0 Å². The van der Waals surface area contributed by atoms with Crippen LogP contribution in [0.2, 0.25) is 19.0 Å². The van der Waals surface area contributed by atoms with E-state index in [9.17, 15) is 20.4 Å². The number of para-hydroxylation sites is 8. The first-order valence-corrected chi connectivity index (χ1v) is 56.6. The summed E-state index contributed by atoms with van der Waals surface area (Å²) in [5.41, 5.74) is 19.2. The molecular formula is C118H112F4Ge2HfN4O8. The first-order chi connectivity index (χ1) is 64.7. The molecule has 0 amide bonds. The quantitative estimate of drug-likeness (QED) is 0.0205. The van der Waals surface area contributed by atoms with E-state index in [0.717, 1.165) is 109 Å². The Hall–Kier alpha value is -13.2. The normalized spacial score (nSPS) is 11.8. The van der Waals surface area contributed by atoms with Crippen LogP contribution in [0.1, 0.15) is 77.6 Å². The van der Waals surface area contributed by atoms with Crippen LogP contribution in [0.4, 0.5) is 17.6 Å². The molecule has 0 bridgehead atoms. The first-order valence-electron chi connectivity index (χ1n) is 45.8. The van der Waals surface area contributed by atoms with E-state index in [1.54, 1.807) is 24.3 Å². The Morgan fingerprint density at radius 3 is 0.693 bits per heavy atom. The fraction of sp³-hybridized carbons (Fsp3) is 0.169. The minimum Gasteiger partial charge on any atom is -0.358 e. The second-order valence-corrected chi connectivity index (χ2v) is 59.7. The zero-order chi connectivity index (χ0) is 93.4. The van der Waals surface area contributed by atoms with Crippen LogP contribution in [0.25, 0.3) is 154 Å². The van der Waals surface area contributed by atoms with Crippen LogP contribution in [-0.2, 0) is 25.8 Å². The number of benzene rings is 16. The van der Waals surface area contributed by atoms with Crippen molar-refractivity contribution in [1.29, 1.82) is 0 Å². The molecule has 137 heavy (non-hydrogen) atoms.